The van der Waals surface area contributed by atoms with Crippen molar-refractivity contribution in [1.82, 2.24) is 5.32 Å². The van der Waals surface area contributed by atoms with E-state index in [9.17, 15) is 0 Å². The van der Waals surface area contributed by atoms with Crippen LogP contribution in [0.3, 0.4) is 0 Å². The Bertz CT molecular complexity index is 151. The lowest BCUT2D eigenvalue weighted by Gasteiger charge is -2.34. The van der Waals surface area contributed by atoms with E-state index in [0.717, 1.165) is 0 Å². The molecule has 2 heteroatoms. The molecule has 0 unspecified atom stereocenters. The number of hydrogen-bond donors (Lipinski definition) is 1. The summed E-state index contributed by atoms with van der Waals surface area (Å²) in [6.45, 7) is 0. The van der Waals surface area contributed by atoms with Gasteiger partial charge in [-0.2, -0.15) is 5.26 Å². The van der Waals surface area contributed by atoms with Crippen LogP contribution in [0.5, 0.6) is 0 Å². The monoisotopic (exact) mass is 152 g/mol. The fourth-order valence-electron chi connectivity index (χ4n) is 1.90. The van der Waals surface area contributed by atoms with Crippen molar-refractivity contribution in [3.8, 4) is 6.07 Å². The maximum Gasteiger partial charge on any atom is 0.0641 e. The van der Waals surface area contributed by atoms with Crippen LogP contribution in [0.4, 0.5) is 0 Å². The Balaban J connectivity index is 2.51. The minimum atomic E-state index is 0.160. The summed E-state index contributed by atoms with van der Waals surface area (Å²) in [6, 6.07) is 2.27. The Hall–Kier alpha value is -0.550. The molecule has 0 aromatic carbocycles. The van der Waals surface area contributed by atoms with Gasteiger partial charge in [0.15, 0.2) is 0 Å². The molecule has 1 aliphatic carbocycles. The zero-order valence-electron chi connectivity index (χ0n) is 7.19. The minimum absolute atomic E-state index is 0.160. The highest BCUT2D eigenvalue weighted by Gasteiger charge is 2.29. The number of nitrogens with zero attached hydrogens (tertiary/aromatic N) is 1. The van der Waals surface area contributed by atoms with Gasteiger partial charge in [-0.25, -0.2) is 0 Å². The first-order valence-electron chi connectivity index (χ1n) is 4.39. The van der Waals surface area contributed by atoms with Crippen molar-refractivity contribution >= 4 is 0 Å². The summed E-state index contributed by atoms with van der Waals surface area (Å²) in [5, 5.41) is 11.9. The van der Waals surface area contributed by atoms with Crippen molar-refractivity contribution in [2.75, 3.05) is 7.05 Å². The van der Waals surface area contributed by atoms with E-state index >= 15 is 0 Å². The van der Waals surface area contributed by atoms with E-state index in [0.29, 0.717) is 6.42 Å². The Morgan fingerprint density at radius 3 is 2.45 bits per heavy atom. The lowest BCUT2D eigenvalue weighted by atomic mass is 9.80. The van der Waals surface area contributed by atoms with Crippen molar-refractivity contribution in [2.45, 2.75) is 44.1 Å². The van der Waals surface area contributed by atoms with Crippen LogP contribution in [0.15, 0.2) is 0 Å². The van der Waals surface area contributed by atoms with Crippen LogP contribution in [0.1, 0.15) is 38.5 Å². The van der Waals surface area contributed by atoms with Crippen molar-refractivity contribution in [3.05, 3.63) is 0 Å². The van der Waals surface area contributed by atoms with Crippen LogP contribution in [0, 0.1) is 11.3 Å². The first-order chi connectivity index (χ1) is 5.33. The molecule has 1 fully saturated rings. The molecule has 1 N–H and O–H groups in total. The molecule has 0 amide bonds. The summed E-state index contributed by atoms with van der Waals surface area (Å²) < 4.78 is 0. The lowest BCUT2D eigenvalue weighted by Crippen LogP contribution is -2.44. The summed E-state index contributed by atoms with van der Waals surface area (Å²) in [4.78, 5) is 0. The number of rotatable bonds is 2. The van der Waals surface area contributed by atoms with Crippen LogP contribution in [0.2, 0.25) is 0 Å². The summed E-state index contributed by atoms with van der Waals surface area (Å²) in [5.41, 5.74) is 0.160. The minimum Gasteiger partial charge on any atom is -0.313 e. The molecular formula is C9H16N2. The van der Waals surface area contributed by atoms with Crippen LogP contribution >= 0.6 is 0 Å². The van der Waals surface area contributed by atoms with Gasteiger partial charge in [0.1, 0.15) is 0 Å². The van der Waals surface area contributed by atoms with Gasteiger partial charge < -0.3 is 5.32 Å². The maximum atomic E-state index is 8.62. The average molecular weight is 152 g/mol. The average Bonchev–Trinajstić information content (AvgIpc) is 2.07. The standard InChI is InChI=1S/C9H16N2/c1-11-9(7-8-10)5-3-2-4-6-9/h11H,2-7H2,1H3. The fourth-order valence-corrected chi connectivity index (χ4v) is 1.90. The zero-order valence-corrected chi connectivity index (χ0v) is 7.19. The van der Waals surface area contributed by atoms with Gasteiger partial charge in [0.25, 0.3) is 0 Å². The zero-order chi connectivity index (χ0) is 8.16. The first-order valence-corrected chi connectivity index (χ1v) is 4.39. The van der Waals surface area contributed by atoms with E-state index < -0.39 is 0 Å². The summed E-state index contributed by atoms with van der Waals surface area (Å²) in [7, 11) is 1.97. The molecule has 0 bridgehead atoms. The molecule has 62 valence electrons. The summed E-state index contributed by atoms with van der Waals surface area (Å²) in [6.07, 6.45) is 6.93. The number of nitrogens with one attached hydrogen (secondary N) is 1. The van der Waals surface area contributed by atoms with Gasteiger partial charge in [0, 0.05) is 5.54 Å². The molecule has 0 aliphatic heterocycles. The van der Waals surface area contributed by atoms with E-state index in [1.54, 1.807) is 0 Å². The molecule has 0 saturated heterocycles. The lowest BCUT2D eigenvalue weighted by molar-refractivity contribution is 0.251. The molecule has 1 aliphatic rings. The van der Waals surface area contributed by atoms with Gasteiger partial charge in [-0.1, -0.05) is 19.3 Å². The smallest absolute Gasteiger partial charge is 0.0641 e. The molecule has 11 heavy (non-hydrogen) atoms. The van der Waals surface area contributed by atoms with E-state index in [1.807, 2.05) is 7.05 Å². The third-order valence-electron chi connectivity index (χ3n) is 2.76. The molecule has 1 rings (SSSR count). The van der Waals surface area contributed by atoms with Crippen LogP contribution < -0.4 is 5.32 Å². The predicted octanol–water partition coefficient (Wildman–Crippen LogP) is 1.82. The van der Waals surface area contributed by atoms with E-state index in [4.69, 9.17) is 5.26 Å². The second kappa shape index (κ2) is 3.73. The van der Waals surface area contributed by atoms with Crippen LogP contribution in [-0.2, 0) is 0 Å². The highest BCUT2D eigenvalue weighted by atomic mass is 14.9. The van der Waals surface area contributed by atoms with E-state index in [1.165, 1.54) is 32.1 Å². The van der Waals surface area contributed by atoms with Gasteiger partial charge >= 0.3 is 0 Å². The third-order valence-corrected chi connectivity index (χ3v) is 2.76. The molecule has 0 heterocycles. The van der Waals surface area contributed by atoms with Crippen molar-refractivity contribution in [2.24, 2.45) is 0 Å². The fraction of sp³-hybridized carbons (Fsp3) is 0.889. The highest BCUT2D eigenvalue weighted by molar-refractivity contribution is 4.96. The van der Waals surface area contributed by atoms with Crippen molar-refractivity contribution in [3.63, 3.8) is 0 Å². The van der Waals surface area contributed by atoms with Gasteiger partial charge in [-0.3, -0.25) is 0 Å². The van der Waals surface area contributed by atoms with Crippen molar-refractivity contribution in [1.29, 1.82) is 5.26 Å². The third kappa shape index (κ3) is 1.94. The predicted molar refractivity (Wildman–Crippen MR) is 45.1 cm³/mol. The number of hydrogen-bond acceptors (Lipinski definition) is 2. The van der Waals surface area contributed by atoms with Gasteiger partial charge in [-0.05, 0) is 19.9 Å². The molecule has 0 aromatic heterocycles. The second-order valence-corrected chi connectivity index (χ2v) is 3.43. The second-order valence-electron chi connectivity index (χ2n) is 3.43. The van der Waals surface area contributed by atoms with Crippen LogP contribution in [0.25, 0.3) is 0 Å². The topological polar surface area (TPSA) is 35.8 Å². The van der Waals surface area contributed by atoms with E-state index in [-0.39, 0.29) is 5.54 Å². The molecule has 0 atom stereocenters. The first kappa shape index (κ1) is 8.55. The number of nitriles is 1. The quantitative estimate of drug-likeness (QED) is 0.655. The van der Waals surface area contributed by atoms with E-state index in [2.05, 4.69) is 11.4 Å². The van der Waals surface area contributed by atoms with Gasteiger partial charge in [0.2, 0.25) is 0 Å². The molecule has 0 radical (unpaired) electrons. The Labute approximate surface area is 68.6 Å². The largest absolute Gasteiger partial charge is 0.313 e. The highest BCUT2D eigenvalue weighted by Crippen LogP contribution is 2.30. The Morgan fingerprint density at radius 1 is 1.36 bits per heavy atom. The van der Waals surface area contributed by atoms with Gasteiger partial charge in [0.05, 0.1) is 12.5 Å². The van der Waals surface area contributed by atoms with Crippen LogP contribution in [-0.4, -0.2) is 12.6 Å². The van der Waals surface area contributed by atoms with Gasteiger partial charge in [-0.15, -0.1) is 0 Å². The Morgan fingerprint density at radius 2 is 2.00 bits per heavy atom. The molecular weight excluding hydrogens is 136 g/mol. The molecule has 2 nitrogen and oxygen atoms in total. The summed E-state index contributed by atoms with van der Waals surface area (Å²) in [5.74, 6) is 0. The molecule has 0 aromatic rings. The van der Waals surface area contributed by atoms with Crippen molar-refractivity contribution < 1.29 is 0 Å². The Kier molecular flexibility index (Phi) is 2.90. The molecule has 1 saturated carbocycles. The summed E-state index contributed by atoms with van der Waals surface area (Å²) >= 11 is 0. The maximum absolute atomic E-state index is 8.62. The SMILES string of the molecule is CNC1(CC#N)CCCCC1. The normalized spacial score (nSPS) is 22.5. The molecule has 0 spiro atoms.